The fraction of sp³-hybridized carbons (Fsp3) is 0.0909. The number of aromatic hydroxyl groups is 1. The molecule has 2 aromatic heterocycles. The van der Waals surface area contributed by atoms with E-state index in [1.54, 1.807) is 13.1 Å². The third-order valence-electron chi connectivity index (χ3n) is 4.23. The molecule has 0 saturated heterocycles. The number of nitrogens with zero attached hydrogens (tertiary/aromatic N) is 1. The monoisotopic (exact) mass is 407 g/mol. The van der Waals surface area contributed by atoms with Crippen LogP contribution in [0.25, 0.3) is 21.2 Å². The summed E-state index contributed by atoms with van der Waals surface area (Å²) in [4.78, 5) is 17.8. The second-order valence-electron chi connectivity index (χ2n) is 5.99. The van der Waals surface area contributed by atoms with Crippen molar-refractivity contribution in [3.8, 4) is 16.9 Å². The summed E-state index contributed by atoms with van der Waals surface area (Å²) in [6.07, 6.45) is 1.61. The molecule has 0 aliphatic rings. The normalized spacial score (nSPS) is 11.3. The summed E-state index contributed by atoms with van der Waals surface area (Å²) in [5.74, 6) is -0.183. The SMILES string of the molecule is CCOC(=O)c1c(-c2ccccc2)csc1N=Cc1sc2ccccc2c1O. The number of thiophene rings is 2. The molecule has 2 aromatic carbocycles. The highest BCUT2D eigenvalue weighted by Crippen LogP contribution is 2.39. The van der Waals surface area contributed by atoms with Crippen LogP contribution in [0.2, 0.25) is 0 Å². The molecule has 1 N–H and O–H groups in total. The van der Waals surface area contributed by atoms with E-state index in [0.717, 1.165) is 21.2 Å². The molecule has 2 heterocycles. The fourth-order valence-electron chi connectivity index (χ4n) is 2.93. The second-order valence-corrected chi connectivity index (χ2v) is 7.93. The molecule has 0 radical (unpaired) electrons. The summed E-state index contributed by atoms with van der Waals surface area (Å²) in [7, 11) is 0. The number of benzene rings is 2. The number of hydrogen-bond acceptors (Lipinski definition) is 6. The zero-order chi connectivity index (χ0) is 19.5. The van der Waals surface area contributed by atoms with Gasteiger partial charge in [-0.05, 0) is 24.6 Å². The number of carbonyl (C=O) groups is 1. The highest BCUT2D eigenvalue weighted by Gasteiger charge is 2.21. The number of esters is 1. The highest BCUT2D eigenvalue weighted by molar-refractivity contribution is 7.21. The molecule has 4 nitrogen and oxygen atoms in total. The van der Waals surface area contributed by atoms with E-state index in [0.29, 0.717) is 22.0 Å². The van der Waals surface area contributed by atoms with Crippen LogP contribution in [0.5, 0.6) is 5.75 Å². The quantitative estimate of drug-likeness (QED) is 0.314. The second kappa shape index (κ2) is 7.96. The van der Waals surface area contributed by atoms with Gasteiger partial charge in [0.1, 0.15) is 16.3 Å². The summed E-state index contributed by atoms with van der Waals surface area (Å²) < 4.78 is 6.25. The smallest absolute Gasteiger partial charge is 0.341 e. The molecule has 28 heavy (non-hydrogen) atoms. The van der Waals surface area contributed by atoms with Gasteiger partial charge in [-0.25, -0.2) is 9.79 Å². The van der Waals surface area contributed by atoms with Gasteiger partial charge in [-0.15, -0.1) is 22.7 Å². The van der Waals surface area contributed by atoms with Crippen molar-refractivity contribution in [2.75, 3.05) is 6.61 Å². The third kappa shape index (κ3) is 3.44. The molecule has 6 heteroatoms. The lowest BCUT2D eigenvalue weighted by molar-refractivity contribution is 0.0529. The summed E-state index contributed by atoms with van der Waals surface area (Å²) >= 11 is 2.84. The van der Waals surface area contributed by atoms with Crippen LogP contribution in [0.15, 0.2) is 65.0 Å². The number of hydrogen-bond donors (Lipinski definition) is 1. The van der Waals surface area contributed by atoms with Gasteiger partial charge in [-0.2, -0.15) is 0 Å². The Morgan fingerprint density at radius 2 is 1.89 bits per heavy atom. The average Bonchev–Trinajstić information content (AvgIpc) is 3.29. The van der Waals surface area contributed by atoms with E-state index < -0.39 is 5.97 Å². The van der Waals surface area contributed by atoms with Crippen LogP contribution in [0, 0.1) is 0 Å². The first-order valence-corrected chi connectivity index (χ1v) is 10.5. The van der Waals surface area contributed by atoms with E-state index in [-0.39, 0.29) is 5.75 Å². The Balaban J connectivity index is 1.76. The van der Waals surface area contributed by atoms with Crippen LogP contribution in [-0.2, 0) is 4.74 Å². The van der Waals surface area contributed by atoms with Crippen LogP contribution in [0.4, 0.5) is 5.00 Å². The van der Waals surface area contributed by atoms with Gasteiger partial charge in [0.2, 0.25) is 0 Å². The van der Waals surface area contributed by atoms with Gasteiger partial charge in [-0.1, -0.05) is 42.5 Å². The lowest BCUT2D eigenvalue weighted by atomic mass is 10.0. The summed E-state index contributed by atoms with van der Waals surface area (Å²) in [6, 6.07) is 17.4. The third-order valence-corrected chi connectivity index (χ3v) is 6.21. The molecule has 140 valence electrons. The Morgan fingerprint density at radius 3 is 2.64 bits per heavy atom. The van der Waals surface area contributed by atoms with Crippen molar-refractivity contribution < 1.29 is 14.6 Å². The van der Waals surface area contributed by atoms with Gasteiger partial charge >= 0.3 is 5.97 Å². The van der Waals surface area contributed by atoms with Gasteiger partial charge < -0.3 is 9.84 Å². The van der Waals surface area contributed by atoms with Crippen molar-refractivity contribution in [3.05, 3.63) is 70.4 Å². The molecular formula is C22H17NO3S2. The van der Waals surface area contributed by atoms with Crippen LogP contribution in [-0.4, -0.2) is 23.9 Å². The fourth-order valence-corrected chi connectivity index (χ4v) is 4.81. The Morgan fingerprint density at radius 1 is 1.14 bits per heavy atom. The molecule has 4 rings (SSSR count). The van der Waals surface area contributed by atoms with Gasteiger partial charge in [0.15, 0.2) is 0 Å². The summed E-state index contributed by atoms with van der Waals surface area (Å²) in [5, 5.41) is 13.7. The molecule has 0 fully saturated rings. The first-order valence-electron chi connectivity index (χ1n) is 8.77. The lowest BCUT2D eigenvalue weighted by Gasteiger charge is -2.05. The zero-order valence-electron chi connectivity index (χ0n) is 15.1. The van der Waals surface area contributed by atoms with Crippen LogP contribution >= 0.6 is 22.7 Å². The minimum Gasteiger partial charge on any atom is -0.506 e. The topological polar surface area (TPSA) is 58.9 Å². The maximum atomic E-state index is 12.6. The molecule has 0 aliphatic carbocycles. The first kappa shape index (κ1) is 18.4. The Labute approximate surface area is 170 Å². The Kier molecular flexibility index (Phi) is 5.23. The van der Waals surface area contributed by atoms with Gasteiger partial charge in [0.05, 0.1) is 11.5 Å². The van der Waals surface area contributed by atoms with Crippen LogP contribution in [0.3, 0.4) is 0 Å². The number of rotatable bonds is 5. The highest BCUT2D eigenvalue weighted by atomic mass is 32.1. The molecule has 0 amide bonds. The predicted molar refractivity (Wildman–Crippen MR) is 116 cm³/mol. The van der Waals surface area contributed by atoms with Crippen LogP contribution < -0.4 is 0 Å². The molecular weight excluding hydrogens is 390 g/mol. The van der Waals surface area contributed by atoms with Crippen LogP contribution in [0.1, 0.15) is 22.2 Å². The van der Waals surface area contributed by atoms with E-state index >= 15 is 0 Å². The van der Waals surface area contributed by atoms with Gasteiger partial charge in [0, 0.05) is 27.2 Å². The molecule has 0 bridgehead atoms. The van der Waals surface area contributed by atoms with Crippen molar-refractivity contribution in [1.29, 1.82) is 0 Å². The Bertz CT molecular complexity index is 1160. The van der Waals surface area contributed by atoms with Crippen molar-refractivity contribution in [3.63, 3.8) is 0 Å². The molecule has 4 aromatic rings. The van der Waals surface area contributed by atoms with E-state index in [4.69, 9.17) is 4.74 Å². The maximum absolute atomic E-state index is 12.6. The van der Waals surface area contributed by atoms with Crippen molar-refractivity contribution in [2.45, 2.75) is 6.92 Å². The number of fused-ring (bicyclic) bond motifs is 1. The van der Waals surface area contributed by atoms with E-state index in [9.17, 15) is 9.90 Å². The summed E-state index contributed by atoms with van der Waals surface area (Å²) in [6.45, 7) is 2.08. The minimum atomic E-state index is -0.393. The number of aliphatic imine (C=N–C) groups is 1. The molecule has 0 aliphatic heterocycles. The van der Waals surface area contributed by atoms with E-state index in [1.807, 2.05) is 60.0 Å². The maximum Gasteiger partial charge on any atom is 0.341 e. The minimum absolute atomic E-state index is 0.210. The average molecular weight is 408 g/mol. The van der Waals surface area contributed by atoms with Crippen molar-refractivity contribution in [2.24, 2.45) is 4.99 Å². The zero-order valence-corrected chi connectivity index (χ0v) is 16.7. The Hall–Kier alpha value is -2.96. The first-order chi connectivity index (χ1) is 13.7. The lowest BCUT2D eigenvalue weighted by Crippen LogP contribution is -2.05. The van der Waals surface area contributed by atoms with Gasteiger partial charge in [0.25, 0.3) is 0 Å². The van der Waals surface area contributed by atoms with E-state index in [1.165, 1.54) is 22.7 Å². The molecule has 0 unspecified atom stereocenters. The standard InChI is InChI=1S/C22H17NO3S2/c1-2-26-22(25)19-16(14-8-4-3-5-9-14)13-27-21(19)23-12-18-20(24)15-10-6-7-11-17(15)28-18/h3-13,24H,2H2,1H3. The van der Waals surface area contributed by atoms with Crippen molar-refractivity contribution >= 4 is 49.9 Å². The molecule has 0 atom stereocenters. The molecule has 0 saturated carbocycles. The number of carbonyl (C=O) groups excluding carboxylic acids is 1. The largest absolute Gasteiger partial charge is 0.506 e. The predicted octanol–water partition coefficient (Wildman–Crippen LogP) is 6.26. The molecule has 0 spiro atoms. The number of ether oxygens (including phenoxy) is 1. The van der Waals surface area contributed by atoms with Gasteiger partial charge in [-0.3, -0.25) is 0 Å². The van der Waals surface area contributed by atoms with Crippen molar-refractivity contribution in [1.82, 2.24) is 0 Å². The van der Waals surface area contributed by atoms with E-state index in [2.05, 4.69) is 4.99 Å². The summed E-state index contributed by atoms with van der Waals surface area (Å²) in [5.41, 5.74) is 2.19.